The van der Waals surface area contributed by atoms with E-state index in [1.165, 1.54) is 18.4 Å². The molecule has 0 saturated heterocycles. The molecule has 2 rings (SSSR count). The van der Waals surface area contributed by atoms with Crippen molar-refractivity contribution >= 4 is 0 Å². The zero-order chi connectivity index (χ0) is 8.39. The Morgan fingerprint density at radius 3 is 2.67 bits per heavy atom. The van der Waals surface area contributed by atoms with Gasteiger partial charge in [-0.2, -0.15) is 0 Å². The standard InChI is InChI=1S/C11H15N/c12-7-6-10-8-11(10)9-4-2-1-3-5-9/h1-5,10-11H,6-8,12H2/t10-,11?/m0/s1. The zero-order valence-corrected chi connectivity index (χ0v) is 7.24. The van der Waals surface area contributed by atoms with Gasteiger partial charge in [0.25, 0.3) is 0 Å². The van der Waals surface area contributed by atoms with E-state index in [9.17, 15) is 0 Å². The van der Waals surface area contributed by atoms with Crippen molar-refractivity contribution in [3.63, 3.8) is 0 Å². The van der Waals surface area contributed by atoms with E-state index in [0.717, 1.165) is 18.4 Å². The molecule has 0 amide bonds. The largest absolute Gasteiger partial charge is 0.330 e. The van der Waals surface area contributed by atoms with Crippen LogP contribution < -0.4 is 5.73 Å². The molecule has 1 heteroatoms. The summed E-state index contributed by atoms with van der Waals surface area (Å²) in [7, 11) is 0. The monoisotopic (exact) mass is 161 g/mol. The summed E-state index contributed by atoms with van der Waals surface area (Å²) in [5, 5.41) is 0. The Kier molecular flexibility index (Phi) is 2.13. The van der Waals surface area contributed by atoms with Crippen molar-refractivity contribution in [2.24, 2.45) is 11.7 Å². The lowest BCUT2D eigenvalue weighted by Crippen LogP contribution is -1.99. The number of nitrogens with two attached hydrogens (primary N) is 1. The van der Waals surface area contributed by atoms with Crippen LogP contribution in [0.2, 0.25) is 0 Å². The van der Waals surface area contributed by atoms with Crippen molar-refractivity contribution in [3.8, 4) is 0 Å². The van der Waals surface area contributed by atoms with Gasteiger partial charge in [-0.25, -0.2) is 0 Å². The van der Waals surface area contributed by atoms with Crippen molar-refractivity contribution in [2.45, 2.75) is 18.8 Å². The Bertz CT molecular complexity index is 242. The quantitative estimate of drug-likeness (QED) is 0.722. The predicted octanol–water partition coefficient (Wildman–Crippen LogP) is 2.14. The van der Waals surface area contributed by atoms with E-state index in [1.54, 1.807) is 0 Å². The third kappa shape index (κ3) is 1.51. The van der Waals surface area contributed by atoms with Crippen LogP contribution in [0.25, 0.3) is 0 Å². The summed E-state index contributed by atoms with van der Waals surface area (Å²) in [4.78, 5) is 0. The first-order valence-corrected chi connectivity index (χ1v) is 4.67. The molecule has 1 aliphatic rings. The molecule has 2 atom stereocenters. The lowest BCUT2D eigenvalue weighted by Gasteiger charge is -1.97. The zero-order valence-electron chi connectivity index (χ0n) is 7.24. The van der Waals surface area contributed by atoms with Crippen LogP contribution in [0.4, 0.5) is 0 Å². The van der Waals surface area contributed by atoms with Crippen molar-refractivity contribution in [1.29, 1.82) is 0 Å². The first kappa shape index (κ1) is 7.81. The molecular formula is C11H15N. The average molecular weight is 161 g/mol. The van der Waals surface area contributed by atoms with Crippen LogP contribution in [-0.2, 0) is 0 Å². The fourth-order valence-electron chi connectivity index (χ4n) is 1.89. The Morgan fingerprint density at radius 2 is 2.00 bits per heavy atom. The van der Waals surface area contributed by atoms with Gasteiger partial charge >= 0.3 is 0 Å². The maximum atomic E-state index is 5.51. The topological polar surface area (TPSA) is 26.0 Å². The van der Waals surface area contributed by atoms with Crippen molar-refractivity contribution in [2.75, 3.05) is 6.54 Å². The van der Waals surface area contributed by atoms with E-state index in [-0.39, 0.29) is 0 Å². The highest BCUT2D eigenvalue weighted by atomic mass is 14.5. The second kappa shape index (κ2) is 3.28. The minimum absolute atomic E-state index is 0.815. The molecule has 12 heavy (non-hydrogen) atoms. The van der Waals surface area contributed by atoms with Crippen molar-refractivity contribution in [3.05, 3.63) is 35.9 Å². The lowest BCUT2D eigenvalue weighted by atomic mass is 10.1. The third-order valence-corrected chi connectivity index (χ3v) is 2.69. The molecule has 1 nitrogen and oxygen atoms in total. The van der Waals surface area contributed by atoms with Crippen LogP contribution in [0.1, 0.15) is 24.3 Å². The average Bonchev–Trinajstić information content (AvgIpc) is 2.87. The number of hydrogen-bond acceptors (Lipinski definition) is 1. The molecule has 0 aliphatic heterocycles. The van der Waals surface area contributed by atoms with Gasteiger partial charge in [0.05, 0.1) is 0 Å². The summed E-state index contributed by atoms with van der Waals surface area (Å²) in [6.45, 7) is 0.841. The molecule has 1 unspecified atom stereocenters. The second-order valence-electron chi connectivity index (χ2n) is 3.59. The summed E-state index contributed by atoms with van der Waals surface area (Å²) < 4.78 is 0. The van der Waals surface area contributed by atoms with Gasteiger partial charge in [-0.15, -0.1) is 0 Å². The van der Waals surface area contributed by atoms with Crippen molar-refractivity contribution in [1.82, 2.24) is 0 Å². The first-order chi connectivity index (χ1) is 5.92. The second-order valence-corrected chi connectivity index (χ2v) is 3.59. The van der Waals surface area contributed by atoms with E-state index in [4.69, 9.17) is 5.73 Å². The number of hydrogen-bond donors (Lipinski definition) is 1. The maximum Gasteiger partial charge on any atom is -0.00744 e. The van der Waals surface area contributed by atoms with E-state index < -0.39 is 0 Å². The van der Waals surface area contributed by atoms with E-state index in [1.807, 2.05) is 0 Å². The van der Waals surface area contributed by atoms with Gasteiger partial charge in [-0.1, -0.05) is 30.3 Å². The predicted molar refractivity (Wildman–Crippen MR) is 51.0 cm³/mol. The Morgan fingerprint density at radius 1 is 1.25 bits per heavy atom. The SMILES string of the molecule is NCC[C@H]1CC1c1ccccc1. The minimum atomic E-state index is 0.815. The van der Waals surface area contributed by atoms with Gasteiger partial charge in [-0.05, 0) is 36.8 Å². The lowest BCUT2D eigenvalue weighted by molar-refractivity contribution is 0.715. The van der Waals surface area contributed by atoms with Gasteiger partial charge < -0.3 is 5.73 Å². The molecular weight excluding hydrogens is 146 g/mol. The summed E-state index contributed by atoms with van der Waals surface area (Å²) in [5.74, 6) is 1.69. The molecule has 1 saturated carbocycles. The molecule has 1 fully saturated rings. The van der Waals surface area contributed by atoms with Crippen LogP contribution >= 0.6 is 0 Å². The van der Waals surface area contributed by atoms with Crippen LogP contribution in [0, 0.1) is 5.92 Å². The van der Waals surface area contributed by atoms with Crippen LogP contribution in [0.3, 0.4) is 0 Å². The molecule has 64 valence electrons. The molecule has 0 aromatic heterocycles. The fourth-order valence-corrected chi connectivity index (χ4v) is 1.89. The minimum Gasteiger partial charge on any atom is -0.330 e. The van der Waals surface area contributed by atoms with Crippen LogP contribution in [0.5, 0.6) is 0 Å². The summed E-state index contributed by atoms with van der Waals surface area (Å²) in [6, 6.07) is 10.8. The molecule has 1 aromatic carbocycles. The Labute approximate surface area is 73.6 Å². The van der Waals surface area contributed by atoms with E-state index >= 15 is 0 Å². The van der Waals surface area contributed by atoms with E-state index in [2.05, 4.69) is 30.3 Å². The number of benzene rings is 1. The van der Waals surface area contributed by atoms with Gasteiger partial charge in [0.2, 0.25) is 0 Å². The third-order valence-electron chi connectivity index (χ3n) is 2.69. The number of rotatable bonds is 3. The summed E-state index contributed by atoms with van der Waals surface area (Å²) >= 11 is 0. The van der Waals surface area contributed by atoms with Gasteiger partial charge in [0, 0.05) is 0 Å². The fraction of sp³-hybridized carbons (Fsp3) is 0.455. The summed E-state index contributed by atoms with van der Waals surface area (Å²) in [6.07, 6.45) is 2.54. The molecule has 0 heterocycles. The molecule has 0 radical (unpaired) electrons. The maximum absolute atomic E-state index is 5.51. The van der Waals surface area contributed by atoms with Gasteiger partial charge in [-0.3, -0.25) is 0 Å². The normalized spacial score (nSPS) is 27.1. The van der Waals surface area contributed by atoms with E-state index in [0.29, 0.717) is 0 Å². The smallest absolute Gasteiger partial charge is 0.00744 e. The highest BCUT2D eigenvalue weighted by molar-refractivity contribution is 5.25. The van der Waals surface area contributed by atoms with Gasteiger partial charge in [0.15, 0.2) is 0 Å². The Hall–Kier alpha value is -0.820. The first-order valence-electron chi connectivity index (χ1n) is 4.67. The molecule has 1 aliphatic carbocycles. The van der Waals surface area contributed by atoms with Gasteiger partial charge in [0.1, 0.15) is 0 Å². The molecule has 2 N–H and O–H groups in total. The van der Waals surface area contributed by atoms with Crippen molar-refractivity contribution < 1.29 is 0 Å². The van der Waals surface area contributed by atoms with Crippen LogP contribution in [-0.4, -0.2) is 6.54 Å². The molecule has 0 spiro atoms. The van der Waals surface area contributed by atoms with Crippen LogP contribution in [0.15, 0.2) is 30.3 Å². The molecule has 0 bridgehead atoms. The summed E-state index contributed by atoms with van der Waals surface area (Å²) in [5.41, 5.74) is 7.01. The highest BCUT2D eigenvalue weighted by Crippen LogP contribution is 2.48. The molecule has 1 aromatic rings. The Balaban J connectivity index is 1.97. The highest BCUT2D eigenvalue weighted by Gasteiger charge is 2.36.